The molecular weight excluding hydrogens is 489 g/mol. The molecule has 192 valence electrons. The van der Waals surface area contributed by atoms with Crippen LogP contribution in [0.1, 0.15) is 48.2 Å². The van der Waals surface area contributed by atoms with E-state index < -0.39 is 6.36 Å². The maximum Gasteiger partial charge on any atom is 0.573 e. The number of hydrogen-bond donors (Lipinski definition) is 1. The summed E-state index contributed by atoms with van der Waals surface area (Å²) < 4.78 is 41.4. The van der Waals surface area contributed by atoms with E-state index in [1.165, 1.54) is 37.8 Å². The summed E-state index contributed by atoms with van der Waals surface area (Å²) in [4.78, 5) is 18.2. The molecule has 0 spiro atoms. The fourth-order valence-corrected chi connectivity index (χ4v) is 5.17. The molecule has 0 bridgehead atoms. The number of nitrogens with zero attached hydrogens (tertiary/aromatic N) is 1. The highest BCUT2D eigenvalue weighted by Gasteiger charge is 2.31. The number of aromatic nitrogens is 1. The predicted octanol–water partition coefficient (Wildman–Crippen LogP) is 7.40. The quantitative estimate of drug-likeness (QED) is 0.338. The third-order valence-electron chi connectivity index (χ3n) is 6.71. The molecule has 1 aliphatic rings. The normalized spacial score (nSPS) is 14.5. The lowest BCUT2D eigenvalue weighted by Gasteiger charge is -2.26. The van der Waals surface area contributed by atoms with E-state index in [1.54, 1.807) is 19.1 Å². The molecular formula is C28H30ClF3N2O2. The molecule has 0 saturated heterocycles. The molecule has 0 atom stereocenters. The summed E-state index contributed by atoms with van der Waals surface area (Å²) in [5.74, 6) is 0.402. The Kier molecular flexibility index (Phi) is 8.10. The average Bonchev–Trinajstić information content (AvgIpc) is 3.32. The zero-order chi connectivity index (χ0) is 25.9. The molecule has 1 aliphatic carbocycles. The van der Waals surface area contributed by atoms with Gasteiger partial charge in [0.25, 0.3) is 0 Å². The van der Waals surface area contributed by atoms with E-state index >= 15 is 0 Å². The molecule has 0 amide bonds. The van der Waals surface area contributed by atoms with Gasteiger partial charge in [-0.25, -0.2) is 0 Å². The van der Waals surface area contributed by atoms with Crippen LogP contribution in [0.25, 0.3) is 11.1 Å². The highest BCUT2D eigenvalue weighted by atomic mass is 35.5. The minimum absolute atomic E-state index is 0.182. The van der Waals surface area contributed by atoms with Gasteiger partial charge < -0.3 is 9.72 Å². The smallest absolute Gasteiger partial charge is 0.406 e. The molecule has 0 unspecified atom stereocenters. The first kappa shape index (κ1) is 26.3. The van der Waals surface area contributed by atoms with Crippen LogP contribution < -0.4 is 10.2 Å². The Morgan fingerprint density at radius 2 is 1.50 bits per heavy atom. The maximum absolute atomic E-state index is 12.7. The summed E-state index contributed by atoms with van der Waals surface area (Å²) in [6.45, 7) is 5.88. The molecule has 1 N–H and O–H groups in total. The summed E-state index contributed by atoms with van der Waals surface area (Å²) in [6, 6.07) is 14.0. The summed E-state index contributed by atoms with van der Waals surface area (Å²) in [5, 5.41) is 0.203. The Hall–Kier alpha value is -2.77. The van der Waals surface area contributed by atoms with Gasteiger partial charge in [0.2, 0.25) is 5.43 Å². The van der Waals surface area contributed by atoms with Crippen molar-refractivity contribution >= 4 is 11.6 Å². The van der Waals surface area contributed by atoms with Crippen LogP contribution in [-0.2, 0) is 13.1 Å². The number of hydrogen-bond acceptors (Lipinski definition) is 3. The molecule has 1 aromatic heterocycles. The van der Waals surface area contributed by atoms with Crippen molar-refractivity contribution < 1.29 is 17.9 Å². The van der Waals surface area contributed by atoms with Gasteiger partial charge in [-0.1, -0.05) is 60.8 Å². The van der Waals surface area contributed by atoms with Crippen molar-refractivity contribution in [3.8, 4) is 16.9 Å². The second-order valence-electron chi connectivity index (χ2n) is 9.60. The third-order valence-corrected chi connectivity index (χ3v) is 7.16. The second kappa shape index (κ2) is 11.1. The Balaban J connectivity index is 1.51. The van der Waals surface area contributed by atoms with Gasteiger partial charge in [0.15, 0.2) is 0 Å². The minimum Gasteiger partial charge on any atom is -0.406 e. The number of rotatable bonds is 8. The third kappa shape index (κ3) is 6.71. The fraction of sp³-hybridized carbons (Fsp3) is 0.393. The number of ether oxygens (including phenoxy) is 1. The van der Waals surface area contributed by atoms with Crippen molar-refractivity contribution in [1.29, 1.82) is 0 Å². The highest BCUT2D eigenvalue weighted by Crippen LogP contribution is 2.28. The van der Waals surface area contributed by atoms with Crippen LogP contribution in [0.2, 0.25) is 5.02 Å². The van der Waals surface area contributed by atoms with Gasteiger partial charge in [-0.15, -0.1) is 13.2 Å². The molecule has 0 radical (unpaired) electrons. The largest absolute Gasteiger partial charge is 0.573 e. The van der Waals surface area contributed by atoms with E-state index in [9.17, 15) is 18.0 Å². The number of alkyl halides is 3. The topological polar surface area (TPSA) is 45.3 Å². The average molecular weight is 519 g/mol. The first-order chi connectivity index (χ1) is 17.1. The lowest BCUT2D eigenvalue weighted by atomic mass is 10.0. The van der Waals surface area contributed by atoms with Gasteiger partial charge in [0.1, 0.15) is 10.8 Å². The number of H-pyrrole nitrogens is 1. The van der Waals surface area contributed by atoms with E-state index in [-0.39, 0.29) is 16.2 Å². The van der Waals surface area contributed by atoms with Gasteiger partial charge in [-0.2, -0.15) is 0 Å². The minimum atomic E-state index is -4.70. The van der Waals surface area contributed by atoms with Gasteiger partial charge in [-0.3, -0.25) is 9.69 Å². The summed E-state index contributed by atoms with van der Waals surface area (Å²) in [5.41, 5.74) is 4.65. The molecule has 1 saturated carbocycles. The lowest BCUT2D eigenvalue weighted by molar-refractivity contribution is -0.274. The van der Waals surface area contributed by atoms with E-state index in [0.717, 1.165) is 28.9 Å². The van der Waals surface area contributed by atoms with Crippen molar-refractivity contribution in [2.45, 2.75) is 59.0 Å². The monoisotopic (exact) mass is 518 g/mol. The van der Waals surface area contributed by atoms with E-state index in [2.05, 4.69) is 14.6 Å². The van der Waals surface area contributed by atoms with Gasteiger partial charge in [0, 0.05) is 36.6 Å². The molecule has 1 fully saturated rings. The van der Waals surface area contributed by atoms with Crippen LogP contribution in [-0.4, -0.2) is 22.8 Å². The van der Waals surface area contributed by atoms with Crippen molar-refractivity contribution in [1.82, 2.24) is 9.88 Å². The van der Waals surface area contributed by atoms with Crippen LogP contribution in [0.3, 0.4) is 0 Å². The summed E-state index contributed by atoms with van der Waals surface area (Å²) in [7, 11) is 0. The van der Waals surface area contributed by atoms with Crippen molar-refractivity contribution in [2.75, 3.05) is 6.54 Å². The Bertz CT molecular complexity index is 1230. The molecule has 1 heterocycles. The molecule has 36 heavy (non-hydrogen) atoms. The van der Waals surface area contributed by atoms with Crippen LogP contribution in [0.15, 0.2) is 53.3 Å². The predicted molar refractivity (Wildman–Crippen MR) is 136 cm³/mol. The van der Waals surface area contributed by atoms with Crippen molar-refractivity contribution in [3.63, 3.8) is 0 Å². The van der Waals surface area contributed by atoms with Crippen LogP contribution in [0, 0.1) is 19.8 Å². The SMILES string of the molecule is Cc1[nH]c(C)c(-c2ccc(CN(Cc3ccc(OC(F)(F)F)cc3)CC3CCCC3)cc2)c(=O)c1Cl. The Labute approximate surface area is 214 Å². The zero-order valence-electron chi connectivity index (χ0n) is 20.4. The van der Waals surface area contributed by atoms with E-state index in [0.29, 0.717) is 30.3 Å². The Morgan fingerprint density at radius 1 is 0.944 bits per heavy atom. The standard InChI is InChI=1S/C28H30ClF3N2O2/c1-18-25(27(35)26(29)19(2)33-18)23-11-7-21(8-12-23)16-34(15-20-5-3-4-6-20)17-22-9-13-24(14-10-22)36-28(30,31)32/h7-14,20H,3-6,15-17H2,1-2H3,(H,33,35). The van der Waals surface area contributed by atoms with Crippen molar-refractivity contribution in [3.05, 3.63) is 86.3 Å². The first-order valence-corrected chi connectivity index (χ1v) is 12.5. The number of aromatic amines is 1. The summed E-state index contributed by atoms with van der Waals surface area (Å²) in [6.07, 6.45) is 0.178. The fourth-order valence-electron chi connectivity index (χ4n) is 5.03. The molecule has 0 aliphatic heterocycles. The second-order valence-corrected chi connectivity index (χ2v) is 9.98. The first-order valence-electron chi connectivity index (χ1n) is 12.1. The number of pyridine rings is 1. The maximum atomic E-state index is 12.7. The number of benzene rings is 2. The van der Waals surface area contributed by atoms with E-state index in [4.69, 9.17) is 11.6 Å². The van der Waals surface area contributed by atoms with Gasteiger partial charge >= 0.3 is 6.36 Å². The van der Waals surface area contributed by atoms with Crippen LogP contribution in [0.4, 0.5) is 13.2 Å². The molecule has 8 heteroatoms. The summed E-state index contributed by atoms with van der Waals surface area (Å²) >= 11 is 6.19. The van der Waals surface area contributed by atoms with Gasteiger partial charge in [0.05, 0.1) is 0 Å². The van der Waals surface area contributed by atoms with Crippen LogP contribution >= 0.6 is 11.6 Å². The number of halogens is 4. The highest BCUT2D eigenvalue weighted by molar-refractivity contribution is 6.31. The lowest BCUT2D eigenvalue weighted by Crippen LogP contribution is -2.28. The van der Waals surface area contributed by atoms with Crippen molar-refractivity contribution in [2.24, 2.45) is 5.92 Å². The van der Waals surface area contributed by atoms with Crippen LogP contribution in [0.5, 0.6) is 5.75 Å². The number of aryl methyl sites for hydroxylation is 2. The zero-order valence-corrected chi connectivity index (χ0v) is 21.2. The molecule has 4 rings (SSSR count). The van der Waals surface area contributed by atoms with E-state index in [1.807, 2.05) is 31.2 Å². The van der Waals surface area contributed by atoms with Gasteiger partial charge in [-0.05, 0) is 61.4 Å². The Morgan fingerprint density at radius 3 is 2.06 bits per heavy atom. The molecule has 4 nitrogen and oxygen atoms in total. The molecule has 3 aromatic rings. The number of nitrogens with one attached hydrogen (secondary N) is 1. The molecule has 2 aromatic carbocycles.